The molecule has 0 spiro atoms. The number of amides is 1. The van der Waals surface area contributed by atoms with Crippen LogP contribution < -0.4 is 5.32 Å². The van der Waals surface area contributed by atoms with E-state index >= 15 is 0 Å². The molecular weight excluding hydrogens is 268 g/mol. The highest BCUT2D eigenvalue weighted by Crippen LogP contribution is 2.31. The van der Waals surface area contributed by atoms with Crippen molar-refractivity contribution in [3.05, 3.63) is 23.5 Å². The lowest BCUT2D eigenvalue weighted by atomic mass is 9.76. The lowest BCUT2D eigenvalue weighted by Gasteiger charge is -2.28. The fraction of sp³-hybridized carbons (Fsp3) is 0.462. The number of aromatic nitrogens is 1. The summed E-state index contributed by atoms with van der Waals surface area (Å²) in [5.41, 5.74) is -0.595. The van der Waals surface area contributed by atoms with E-state index in [1.54, 1.807) is 26.8 Å². The van der Waals surface area contributed by atoms with Crippen molar-refractivity contribution in [2.45, 2.75) is 27.2 Å². The monoisotopic (exact) mass is 284 g/mol. The van der Waals surface area contributed by atoms with Crippen molar-refractivity contribution in [2.75, 3.05) is 5.32 Å². The summed E-state index contributed by atoms with van der Waals surface area (Å²) in [4.78, 5) is 27.0. The highest BCUT2D eigenvalue weighted by molar-refractivity contribution is 6.29. The third-order valence-corrected chi connectivity index (χ3v) is 3.51. The molecule has 1 unspecified atom stereocenters. The molecule has 0 radical (unpaired) electrons. The number of carbonyl (C=O) groups is 2. The predicted octanol–water partition coefficient (Wildman–Crippen LogP) is 2.81. The molecule has 6 heteroatoms. The van der Waals surface area contributed by atoms with Crippen LogP contribution in [0.1, 0.15) is 27.2 Å². The Labute approximate surface area is 117 Å². The molecule has 0 aliphatic heterocycles. The molecule has 0 aliphatic rings. The molecule has 0 saturated heterocycles. The maximum atomic E-state index is 11.9. The molecule has 1 atom stereocenters. The Balaban J connectivity index is 2.77. The van der Waals surface area contributed by atoms with E-state index in [-0.39, 0.29) is 23.4 Å². The van der Waals surface area contributed by atoms with E-state index < -0.39 is 11.4 Å². The molecule has 1 aromatic heterocycles. The summed E-state index contributed by atoms with van der Waals surface area (Å²) in [6, 6.07) is 3.10. The maximum absolute atomic E-state index is 11.9. The quantitative estimate of drug-likeness (QED) is 0.815. The Kier molecular flexibility index (Phi) is 4.89. The first-order valence-corrected chi connectivity index (χ1v) is 6.28. The number of halogens is 1. The lowest BCUT2D eigenvalue weighted by molar-refractivity contribution is -0.153. The van der Waals surface area contributed by atoms with Gasteiger partial charge in [0.15, 0.2) is 0 Å². The van der Waals surface area contributed by atoms with Gasteiger partial charge in [0.1, 0.15) is 5.15 Å². The predicted molar refractivity (Wildman–Crippen MR) is 73.1 cm³/mol. The third kappa shape index (κ3) is 3.92. The number of rotatable bonds is 5. The largest absolute Gasteiger partial charge is 0.481 e. The van der Waals surface area contributed by atoms with Gasteiger partial charge < -0.3 is 10.4 Å². The zero-order chi connectivity index (χ0) is 14.6. The second kappa shape index (κ2) is 6.02. The van der Waals surface area contributed by atoms with Crippen LogP contribution in [0.25, 0.3) is 0 Å². The molecule has 5 nitrogen and oxygen atoms in total. The molecule has 0 bridgehead atoms. The van der Waals surface area contributed by atoms with E-state index in [1.165, 1.54) is 12.3 Å². The Morgan fingerprint density at radius 3 is 2.63 bits per heavy atom. The molecule has 1 heterocycles. The van der Waals surface area contributed by atoms with Crippen LogP contribution in [0.3, 0.4) is 0 Å². The summed E-state index contributed by atoms with van der Waals surface area (Å²) in [5, 5.41) is 12.1. The van der Waals surface area contributed by atoms with Gasteiger partial charge in [0.2, 0.25) is 5.91 Å². The van der Waals surface area contributed by atoms with Gasteiger partial charge in [-0.1, -0.05) is 25.4 Å². The Bertz CT molecular complexity index is 491. The van der Waals surface area contributed by atoms with Gasteiger partial charge in [-0.25, -0.2) is 4.98 Å². The molecule has 0 aliphatic carbocycles. The lowest BCUT2D eigenvalue weighted by Crippen LogP contribution is -2.37. The van der Waals surface area contributed by atoms with Crippen molar-refractivity contribution < 1.29 is 14.7 Å². The Morgan fingerprint density at radius 2 is 2.16 bits per heavy atom. The van der Waals surface area contributed by atoms with Crippen LogP contribution in [-0.4, -0.2) is 22.0 Å². The number of carboxylic acids is 1. The Morgan fingerprint density at radius 1 is 1.53 bits per heavy atom. The fourth-order valence-electron chi connectivity index (χ4n) is 1.55. The molecular formula is C13H17ClN2O3. The average Bonchev–Trinajstić information content (AvgIpc) is 2.27. The van der Waals surface area contributed by atoms with E-state index in [1.807, 2.05) is 0 Å². The van der Waals surface area contributed by atoms with Gasteiger partial charge in [-0.15, -0.1) is 0 Å². The van der Waals surface area contributed by atoms with E-state index in [4.69, 9.17) is 11.6 Å². The van der Waals surface area contributed by atoms with E-state index in [0.717, 1.165) is 0 Å². The number of anilines is 1. The zero-order valence-corrected chi connectivity index (χ0v) is 11.9. The highest BCUT2D eigenvalue weighted by atomic mass is 35.5. The second-order valence-corrected chi connectivity index (χ2v) is 5.36. The van der Waals surface area contributed by atoms with Gasteiger partial charge in [-0.05, 0) is 25.0 Å². The van der Waals surface area contributed by atoms with Crippen LogP contribution in [0.4, 0.5) is 5.69 Å². The number of nitrogens with zero attached hydrogens (tertiary/aromatic N) is 1. The fourth-order valence-corrected chi connectivity index (χ4v) is 1.72. The summed E-state index contributed by atoms with van der Waals surface area (Å²) in [5.74, 6) is -1.50. The molecule has 0 aromatic carbocycles. The van der Waals surface area contributed by atoms with Crippen molar-refractivity contribution in [2.24, 2.45) is 11.3 Å². The zero-order valence-electron chi connectivity index (χ0n) is 11.1. The van der Waals surface area contributed by atoms with E-state index in [0.29, 0.717) is 5.69 Å². The Hall–Kier alpha value is -1.62. The minimum Gasteiger partial charge on any atom is -0.481 e. The molecule has 1 amide bonds. The summed E-state index contributed by atoms with van der Waals surface area (Å²) >= 11 is 5.71. The first-order valence-electron chi connectivity index (χ1n) is 5.90. The molecule has 19 heavy (non-hydrogen) atoms. The van der Waals surface area contributed by atoms with Crippen LogP contribution in [0.5, 0.6) is 0 Å². The number of pyridine rings is 1. The van der Waals surface area contributed by atoms with Crippen LogP contribution in [0.2, 0.25) is 5.15 Å². The van der Waals surface area contributed by atoms with E-state index in [2.05, 4.69) is 10.3 Å². The summed E-state index contributed by atoms with van der Waals surface area (Å²) in [6.07, 6.45) is 1.37. The van der Waals surface area contributed by atoms with Gasteiger partial charge in [0.25, 0.3) is 0 Å². The summed E-state index contributed by atoms with van der Waals surface area (Å²) in [6.45, 7) is 5.13. The van der Waals surface area contributed by atoms with Crippen LogP contribution in [-0.2, 0) is 9.59 Å². The second-order valence-electron chi connectivity index (χ2n) is 4.97. The maximum Gasteiger partial charge on any atom is 0.310 e. The highest BCUT2D eigenvalue weighted by Gasteiger charge is 2.38. The summed E-state index contributed by atoms with van der Waals surface area (Å²) in [7, 11) is 0. The van der Waals surface area contributed by atoms with Crippen molar-refractivity contribution in [3.8, 4) is 0 Å². The topological polar surface area (TPSA) is 79.3 Å². The minimum atomic E-state index is -1.10. The number of carboxylic acid groups (broad SMARTS) is 1. The van der Waals surface area contributed by atoms with Gasteiger partial charge in [-0.3, -0.25) is 9.59 Å². The van der Waals surface area contributed by atoms with Gasteiger partial charge >= 0.3 is 5.97 Å². The van der Waals surface area contributed by atoms with Gasteiger partial charge in [0.05, 0.1) is 5.41 Å². The van der Waals surface area contributed by atoms with Crippen molar-refractivity contribution in [1.29, 1.82) is 0 Å². The molecule has 104 valence electrons. The van der Waals surface area contributed by atoms with Crippen molar-refractivity contribution >= 4 is 29.2 Å². The molecule has 1 aromatic rings. The number of hydrogen-bond donors (Lipinski definition) is 2. The minimum absolute atomic E-state index is 0.0973. The van der Waals surface area contributed by atoms with Crippen molar-refractivity contribution in [3.63, 3.8) is 0 Å². The first-order chi connectivity index (χ1) is 8.75. The van der Waals surface area contributed by atoms with E-state index in [9.17, 15) is 14.7 Å². The van der Waals surface area contributed by atoms with Crippen LogP contribution in [0.15, 0.2) is 18.3 Å². The standard InChI is InChI=1S/C13H17ClN2O3/c1-8(2)13(3,12(18)19)7-11(17)16-9-4-5-15-10(14)6-9/h4-6,8H,7H2,1-3H3,(H,18,19)(H,15,16,17). The SMILES string of the molecule is CC(C)C(C)(CC(=O)Nc1ccnc(Cl)c1)C(=O)O. The van der Waals surface area contributed by atoms with Gasteiger partial charge in [-0.2, -0.15) is 0 Å². The van der Waals surface area contributed by atoms with Crippen LogP contribution >= 0.6 is 11.6 Å². The first kappa shape index (κ1) is 15.4. The number of carbonyl (C=O) groups excluding carboxylic acids is 1. The normalized spacial score (nSPS) is 13.9. The third-order valence-electron chi connectivity index (χ3n) is 3.30. The van der Waals surface area contributed by atoms with Gasteiger partial charge in [0, 0.05) is 18.3 Å². The van der Waals surface area contributed by atoms with Crippen LogP contribution in [0, 0.1) is 11.3 Å². The smallest absolute Gasteiger partial charge is 0.310 e. The van der Waals surface area contributed by atoms with Crippen molar-refractivity contribution in [1.82, 2.24) is 4.98 Å². The number of nitrogens with one attached hydrogen (secondary N) is 1. The summed E-state index contributed by atoms with van der Waals surface area (Å²) < 4.78 is 0. The average molecular weight is 285 g/mol. The number of hydrogen-bond acceptors (Lipinski definition) is 3. The molecule has 0 saturated carbocycles. The number of aliphatic carboxylic acids is 1. The molecule has 0 fully saturated rings. The molecule has 1 rings (SSSR count). The molecule has 2 N–H and O–H groups in total.